The maximum atomic E-state index is 11.8. The first-order valence-corrected chi connectivity index (χ1v) is 9.85. The molecule has 0 spiro atoms. The van der Waals surface area contributed by atoms with Crippen molar-refractivity contribution in [1.29, 1.82) is 0 Å². The third-order valence-corrected chi connectivity index (χ3v) is 3.90. The smallest absolute Gasteiger partial charge is 0.329 e. The van der Waals surface area contributed by atoms with Crippen LogP contribution in [0.25, 0.3) is 0 Å². The average Bonchev–Trinajstić information content (AvgIpc) is 2.67. The molecule has 0 saturated heterocycles. The third kappa shape index (κ3) is 7.75. The molecule has 2 aromatic carbocycles. The minimum Gasteiger partial charge on any atom is -0.490 e. The Balaban J connectivity index is 2.01. The summed E-state index contributed by atoms with van der Waals surface area (Å²) in [6.45, 7) is 8.05. The Kier molecular flexibility index (Phi) is 8.24. The van der Waals surface area contributed by atoms with E-state index in [-0.39, 0.29) is 0 Å². The minimum atomic E-state index is -0.839. The fourth-order valence-electron chi connectivity index (χ4n) is 2.35. The van der Waals surface area contributed by atoms with Crippen LogP contribution >= 0.6 is 11.6 Å². The summed E-state index contributed by atoms with van der Waals surface area (Å²) in [7, 11) is 0. The molecule has 0 aliphatic heterocycles. The van der Waals surface area contributed by atoms with Gasteiger partial charge in [0, 0.05) is 10.6 Å². The van der Waals surface area contributed by atoms with Gasteiger partial charge in [0.25, 0.3) is 0 Å². The molecule has 0 atom stereocenters. The van der Waals surface area contributed by atoms with Crippen LogP contribution in [0.1, 0.15) is 38.8 Å². The number of benzene rings is 2. The Hall–Kier alpha value is -3.06. The third-order valence-electron chi connectivity index (χ3n) is 3.65. The second kappa shape index (κ2) is 10.6. The van der Waals surface area contributed by atoms with Crippen LogP contribution in [-0.4, -0.2) is 30.2 Å². The van der Waals surface area contributed by atoms with Crippen molar-refractivity contribution in [3.63, 3.8) is 0 Å². The molecule has 0 radical (unpaired) electrons. The highest BCUT2D eigenvalue weighted by Crippen LogP contribution is 2.29. The first kappa shape index (κ1) is 23.2. The van der Waals surface area contributed by atoms with Crippen molar-refractivity contribution in [2.75, 3.05) is 6.61 Å². The number of amides is 2. The van der Waals surface area contributed by atoms with Gasteiger partial charge in [-0.25, -0.2) is 5.43 Å². The molecule has 30 heavy (non-hydrogen) atoms. The second-order valence-corrected chi connectivity index (χ2v) is 7.89. The molecule has 160 valence electrons. The molecule has 7 nitrogen and oxygen atoms in total. The number of hydrogen-bond acceptors (Lipinski definition) is 5. The maximum absolute atomic E-state index is 11.8. The largest absolute Gasteiger partial charge is 0.490 e. The monoisotopic (exact) mass is 431 g/mol. The van der Waals surface area contributed by atoms with Crippen LogP contribution < -0.4 is 20.2 Å². The van der Waals surface area contributed by atoms with Crippen LogP contribution in [0.2, 0.25) is 5.02 Å². The van der Waals surface area contributed by atoms with Gasteiger partial charge < -0.3 is 14.8 Å². The predicted molar refractivity (Wildman–Crippen MR) is 117 cm³/mol. The molecule has 0 aliphatic rings. The van der Waals surface area contributed by atoms with E-state index in [1.165, 1.54) is 6.21 Å². The Labute approximate surface area is 181 Å². The van der Waals surface area contributed by atoms with Crippen LogP contribution in [0, 0.1) is 0 Å². The van der Waals surface area contributed by atoms with Crippen molar-refractivity contribution >= 4 is 29.6 Å². The highest BCUT2D eigenvalue weighted by Gasteiger charge is 2.19. The molecular weight excluding hydrogens is 406 g/mol. The van der Waals surface area contributed by atoms with Gasteiger partial charge in [-0.2, -0.15) is 5.10 Å². The van der Waals surface area contributed by atoms with Gasteiger partial charge in [-0.15, -0.1) is 0 Å². The Bertz CT molecular complexity index is 906. The van der Waals surface area contributed by atoms with Gasteiger partial charge >= 0.3 is 11.8 Å². The number of halogens is 1. The fraction of sp³-hybridized carbons (Fsp3) is 0.318. The Morgan fingerprint density at radius 2 is 1.73 bits per heavy atom. The van der Waals surface area contributed by atoms with E-state index in [0.717, 1.165) is 5.56 Å². The van der Waals surface area contributed by atoms with Crippen molar-refractivity contribution in [3.05, 3.63) is 58.6 Å². The predicted octanol–water partition coefficient (Wildman–Crippen LogP) is 3.68. The van der Waals surface area contributed by atoms with Crippen molar-refractivity contribution in [2.24, 2.45) is 5.10 Å². The summed E-state index contributed by atoms with van der Waals surface area (Å²) in [5.41, 5.74) is 3.35. The van der Waals surface area contributed by atoms with E-state index in [0.29, 0.717) is 35.3 Å². The summed E-state index contributed by atoms with van der Waals surface area (Å²) >= 11 is 5.90. The van der Waals surface area contributed by atoms with E-state index >= 15 is 0 Å². The first-order valence-electron chi connectivity index (χ1n) is 9.47. The highest BCUT2D eigenvalue weighted by atomic mass is 35.5. The molecule has 0 saturated carbocycles. The van der Waals surface area contributed by atoms with E-state index in [4.69, 9.17) is 21.1 Å². The van der Waals surface area contributed by atoms with E-state index < -0.39 is 17.4 Å². The highest BCUT2D eigenvalue weighted by molar-refractivity contribution is 6.35. The molecule has 0 fully saturated rings. The molecule has 2 amide bonds. The standard InChI is InChI=1S/C22H26ClN3O4/c1-5-29-19-12-16(13-24-26-21(28)20(27)25-22(2,3)4)8-11-18(19)30-14-15-6-9-17(23)10-7-15/h6-13H,5,14H2,1-4H3,(H,25,27)(H,26,28)/b24-13+. The summed E-state index contributed by atoms with van der Waals surface area (Å²) in [5, 5.41) is 7.06. The Morgan fingerprint density at radius 3 is 2.37 bits per heavy atom. The lowest BCUT2D eigenvalue weighted by atomic mass is 10.1. The van der Waals surface area contributed by atoms with Gasteiger partial charge in [-0.1, -0.05) is 23.7 Å². The van der Waals surface area contributed by atoms with Gasteiger partial charge in [0.1, 0.15) is 6.61 Å². The number of carbonyl (C=O) groups excluding carboxylic acids is 2. The van der Waals surface area contributed by atoms with Gasteiger partial charge in [-0.3, -0.25) is 9.59 Å². The summed E-state index contributed by atoms with van der Waals surface area (Å²) < 4.78 is 11.5. The molecule has 0 unspecified atom stereocenters. The van der Waals surface area contributed by atoms with Gasteiger partial charge in [0.2, 0.25) is 0 Å². The Morgan fingerprint density at radius 1 is 1.03 bits per heavy atom. The van der Waals surface area contributed by atoms with Crippen LogP contribution in [-0.2, 0) is 16.2 Å². The van der Waals surface area contributed by atoms with E-state index in [9.17, 15) is 9.59 Å². The molecule has 0 bridgehead atoms. The topological polar surface area (TPSA) is 89.0 Å². The zero-order chi connectivity index (χ0) is 22.1. The van der Waals surface area contributed by atoms with Crippen LogP contribution in [0.15, 0.2) is 47.6 Å². The number of hydrazone groups is 1. The quantitative estimate of drug-likeness (QED) is 0.397. The van der Waals surface area contributed by atoms with Crippen molar-refractivity contribution in [2.45, 2.75) is 39.8 Å². The molecule has 0 aliphatic carbocycles. The summed E-state index contributed by atoms with van der Waals surface area (Å²) in [6, 6.07) is 12.7. The molecule has 2 N–H and O–H groups in total. The summed E-state index contributed by atoms with van der Waals surface area (Å²) in [4.78, 5) is 23.5. The van der Waals surface area contributed by atoms with E-state index in [1.54, 1.807) is 51.1 Å². The van der Waals surface area contributed by atoms with E-state index in [2.05, 4.69) is 15.8 Å². The molecule has 8 heteroatoms. The fourth-order valence-corrected chi connectivity index (χ4v) is 2.47. The number of nitrogens with zero attached hydrogens (tertiary/aromatic N) is 1. The number of rotatable bonds is 7. The number of nitrogens with one attached hydrogen (secondary N) is 2. The van der Waals surface area contributed by atoms with Crippen LogP contribution in [0.4, 0.5) is 0 Å². The SMILES string of the molecule is CCOc1cc(/C=N/NC(=O)C(=O)NC(C)(C)C)ccc1OCc1ccc(Cl)cc1. The van der Waals surface area contributed by atoms with E-state index in [1.807, 2.05) is 19.1 Å². The lowest BCUT2D eigenvalue weighted by molar-refractivity contribution is -0.140. The van der Waals surface area contributed by atoms with Crippen LogP contribution in [0.5, 0.6) is 11.5 Å². The van der Waals surface area contributed by atoms with Gasteiger partial charge in [0.15, 0.2) is 11.5 Å². The maximum Gasteiger partial charge on any atom is 0.329 e. The normalized spacial score (nSPS) is 11.2. The summed E-state index contributed by atoms with van der Waals surface area (Å²) in [6.07, 6.45) is 1.42. The van der Waals surface area contributed by atoms with Crippen LogP contribution in [0.3, 0.4) is 0 Å². The number of ether oxygens (including phenoxy) is 2. The van der Waals surface area contributed by atoms with Crippen molar-refractivity contribution < 1.29 is 19.1 Å². The summed E-state index contributed by atoms with van der Waals surface area (Å²) in [5.74, 6) is -0.459. The molecule has 2 aromatic rings. The lowest BCUT2D eigenvalue weighted by Gasteiger charge is -2.19. The molecular formula is C22H26ClN3O4. The number of hydrogen-bond donors (Lipinski definition) is 2. The van der Waals surface area contributed by atoms with Crippen molar-refractivity contribution in [3.8, 4) is 11.5 Å². The van der Waals surface area contributed by atoms with Crippen molar-refractivity contribution in [1.82, 2.24) is 10.7 Å². The molecule has 0 aromatic heterocycles. The molecule has 0 heterocycles. The van der Waals surface area contributed by atoms with Gasteiger partial charge in [0.05, 0.1) is 12.8 Å². The minimum absolute atomic E-state index is 0.365. The lowest BCUT2D eigenvalue weighted by Crippen LogP contribution is -2.47. The molecule has 2 rings (SSSR count). The first-order chi connectivity index (χ1) is 14.2. The average molecular weight is 432 g/mol. The zero-order valence-electron chi connectivity index (χ0n) is 17.5. The zero-order valence-corrected chi connectivity index (χ0v) is 18.2. The van der Waals surface area contributed by atoms with Gasteiger partial charge in [-0.05, 0) is 69.2 Å². The second-order valence-electron chi connectivity index (χ2n) is 7.46. The number of carbonyl (C=O) groups is 2.